The van der Waals surface area contributed by atoms with Crippen LogP contribution in [-0.2, 0) is 6.54 Å². The first kappa shape index (κ1) is 30.6. The second-order valence-electron chi connectivity index (χ2n) is 13.7. The number of aromatic hydroxyl groups is 1. The van der Waals surface area contributed by atoms with Crippen molar-refractivity contribution in [1.29, 1.82) is 0 Å². The Hall–Kier alpha value is -4.69. The van der Waals surface area contributed by atoms with Gasteiger partial charge in [-0.15, -0.1) is 0 Å². The molecule has 8 rings (SSSR count). The molecule has 0 saturated carbocycles. The zero-order valence-electron chi connectivity index (χ0n) is 27.6. The molecule has 2 fully saturated rings. The van der Waals surface area contributed by atoms with Crippen LogP contribution in [0.5, 0.6) is 17.2 Å². The Labute approximate surface area is 282 Å². The van der Waals surface area contributed by atoms with Crippen molar-refractivity contribution in [2.45, 2.75) is 31.2 Å². The number of piperazine rings is 1. The average molecular weight is 645 g/mol. The van der Waals surface area contributed by atoms with Gasteiger partial charge in [0.15, 0.2) is 0 Å². The molecule has 0 bridgehead atoms. The van der Waals surface area contributed by atoms with Gasteiger partial charge in [-0.3, -0.25) is 9.69 Å². The summed E-state index contributed by atoms with van der Waals surface area (Å²) in [5, 5.41) is 13.1. The lowest BCUT2D eigenvalue weighted by molar-refractivity contribution is 0.0965. The molecule has 0 aliphatic carbocycles. The minimum atomic E-state index is 0.0479. The molecule has 2 saturated heterocycles. The van der Waals surface area contributed by atoms with Crippen molar-refractivity contribution in [2.75, 3.05) is 69.3 Å². The SMILES string of the molecule is COc1cccc(C2COc3cc(O)ccc3C2c2ccc(N3CCC(CN4CCN(c5ccc6c(c5)CNC6=O)CC4)CC3)cc2)c1. The number of hydrogen-bond acceptors (Lipinski definition) is 7. The summed E-state index contributed by atoms with van der Waals surface area (Å²) in [7, 11) is 1.70. The number of hydrogen-bond donors (Lipinski definition) is 2. The van der Waals surface area contributed by atoms with Gasteiger partial charge < -0.3 is 29.7 Å². The lowest BCUT2D eigenvalue weighted by atomic mass is 9.76. The predicted octanol–water partition coefficient (Wildman–Crippen LogP) is 5.99. The third kappa shape index (κ3) is 6.05. The van der Waals surface area contributed by atoms with Crippen molar-refractivity contribution in [2.24, 2.45) is 5.92 Å². The van der Waals surface area contributed by atoms with E-state index >= 15 is 0 Å². The summed E-state index contributed by atoms with van der Waals surface area (Å²) >= 11 is 0. The number of carbonyl (C=O) groups is 1. The van der Waals surface area contributed by atoms with Crippen molar-refractivity contribution in [1.82, 2.24) is 10.2 Å². The fourth-order valence-corrected chi connectivity index (χ4v) is 8.21. The van der Waals surface area contributed by atoms with Crippen molar-refractivity contribution in [3.63, 3.8) is 0 Å². The van der Waals surface area contributed by atoms with Gasteiger partial charge in [-0.05, 0) is 84.0 Å². The number of anilines is 2. The molecular formula is C40H44N4O4. The number of fused-ring (bicyclic) bond motifs is 2. The molecule has 1 amide bonds. The minimum absolute atomic E-state index is 0.0479. The molecule has 8 heteroatoms. The predicted molar refractivity (Wildman–Crippen MR) is 189 cm³/mol. The Balaban J connectivity index is 0.889. The Bertz CT molecular complexity index is 1780. The summed E-state index contributed by atoms with van der Waals surface area (Å²) < 4.78 is 11.7. The number of carbonyl (C=O) groups excluding carboxylic acids is 1. The van der Waals surface area contributed by atoms with E-state index in [1.165, 1.54) is 41.9 Å². The van der Waals surface area contributed by atoms with Gasteiger partial charge in [-0.2, -0.15) is 0 Å². The molecule has 48 heavy (non-hydrogen) atoms. The summed E-state index contributed by atoms with van der Waals surface area (Å²) in [5.41, 5.74) is 8.00. The van der Waals surface area contributed by atoms with Crippen LogP contribution in [0.1, 0.15) is 57.3 Å². The van der Waals surface area contributed by atoms with Gasteiger partial charge in [0.1, 0.15) is 17.2 Å². The first-order valence-electron chi connectivity index (χ1n) is 17.4. The van der Waals surface area contributed by atoms with Crippen LogP contribution in [0.25, 0.3) is 0 Å². The molecule has 0 aromatic heterocycles. The molecule has 2 unspecified atom stereocenters. The lowest BCUT2D eigenvalue weighted by Gasteiger charge is -2.40. The third-order valence-corrected chi connectivity index (χ3v) is 10.9. The molecule has 8 nitrogen and oxygen atoms in total. The number of piperidine rings is 1. The van der Waals surface area contributed by atoms with Crippen LogP contribution >= 0.6 is 0 Å². The van der Waals surface area contributed by atoms with Gasteiger partial charge in [0.05, 0.1) is 13.7 Å². The summed E-state index contributed by atoms with van der Waals surface area (Å²) in [4.78, 5) is 19.6. The Morgan fingerprint density at radius 3 is 2.40 bits per heavy atom. The van der Waals surface area contributed by atoms with E-state index in [4.69, 9.17) is 9.47 Å². The smallest absolute Gasteiger partial charge is 0.251 e. The van der Waals surface area contributed by atoms with Gasteiger partial charge >= 0.3 is 0 Å². The Morgan fingerprint density at radius 2 is 1.60 bits per heavy atom. The minimum Gasteiger partial charge on any atom is -0.508 e. The van der Waals surface area contributed by atoms with Gasteiger partial charge in [0.2, 0.25) is 0 Å². The monoisotopic (exact) mass is 644 g/mol. The number of nitrogens with zero attached hydrogens (tertiary/aromatic N) is 3. The Kier molecular flexibility index (Phi) is 8.34. The third-order valence-electron chi connectivity index (χ3n) is 10.9. The van der Waals surface area contributed by atoms with Crippen molar-refractivity contribution in [3.8, 4) is 17.2 Å². The fourth-order valence-electron chi connectivity index (χ4n) is 8.21. The van der Waals surface area contributed by atoms with Crippen LogP contribution in [0.4, 0.5) is 11.4 Å². The molecular weight excluding hydrogens is 600 g/mol. The van der Waals surface area contributed by atoms with Crippen molar-refractivity contribution < 1.29 is 19.4 Å². The van der Waals surface area contributed by atoms with E-state index in [2.05, 4.69) is 68.5 Å². The summed E-state index contributed by atoms with van der Waals surface area (Å²) in [6.45, 7) is 8.75. The first-order chi connectivity index (χ1) is 23.5. The van der Waals surface area contributed by atoms with E-state index in [9.17, 15) is 9.90 Å². The van der Waals surface area contributed by atoms with Gasteiger partial charge in [0, 0.05) is 92.8 Å². The molecule has 248 valence electrons. The number of phenolic OH excluding ortho intramolecular Hbond substituents is 1. The second-order valence-corrected chi connectivity index (χ2v) is 13.7. The molecule has 4 aliphatic heterocycles. The maximum atomic E-state index is 11.9. The molecule has 2 N–H and O–H groups in total. The quantitative estimate of drug-likeness (QED) is 0.256. The standard InChI is InChI=1S/C40H44N4O4/c1-47-34-4-2-3-29(22-34)37-26-48-38-23-33(45)10-12-36(38)39(37)28-5-7-31(8-6-28)43-15-13-27(14-16-43)25-42-17-19-44(20-18-42)32-9-11-35-30(21-32)24-41-40(35)46/h2-12,21-23,27,37,39,45H,13-20,24-26H2,1H3,(H,41,46). The highest BCUT2D eigenvalue weighted by molar-refractivity contribution is 5.98. The van der Waals surface area contributed by atoms with Crippen molar-refractivity contribution >= 4 is 17.3 Å². The fraction of sp³-hybridized carbons (Fsp3) is 0.375. The maximum Gasteiger partial charge on any atom is 0.251 e. The zero-order valence-corrected chi connectivity index (χ0v) is 27.6. The second kappa shape index (κ2) is 13.1. The first-order valence-corrected chi connectivity index (χ1v) is 17.4. The maximum absolute atomic E-state index is 11.9. The number of methoxy groups -OCH3 is 1. The number of amides is 1. The summed E-state index contributed by atoms with van der Waals surface area (Å²) in [5.74, 6) is 2.82. The van der Waals surface area contributed by atoms with E-state index in [1.807, 2.05) is 24.3 Å². The van der Waals surface area contributed by atoms with E-state index in [0.29, 0.717) is 13.2 Å². The molecule has 4 aliphatic rings. The summed E-state index contributed by atoms with van der Waals surface area (Å²) in [6.07, 6.45) is 2.42. The zero-order chi connectivity index (χ0) is 32.6. The van der Waals surface area contributed by atoms with Crippen molar-refractivity contribution in [3.05, 3.63) is 113 Å². The van der Waals surface area contributed by atoms with Crippen LogP contribution in [0.2, 0.25) is 0 Å². The van der Waals surface area contributed by atoms with E-state index in [-0.39, 0.29) is 23.5 Å². The van der Waals surface area contributed by atoms with E-state index < -0.39 is 0 Å². The number of ether oxygens (including phenoxy) is 2. The number of rotatable bonds is 7. The molecule has 0 spiro atoms. The molecule has 4 aromatic carbocycles. The van der Waals surface area contributed by atoms with Crippen LogP contribution < -0.4 is 24.6 Å². The molecule has 4 heterocycles. The normalized spacial score (nSPS) is 21.3. The van der Waals surface area contributed by atoms with E-state index in [1.54, 1.807) is 19.2 Å². The van der Waals surface area contributed by atoms with Crippen LogP contribution in [0.15, 0.2) is 84.9 Å². The molecule has 0 radical (unpaired) electrons. The van der Waals surface area contributed by atoms with Crippen LogP contribution in [0.3, 0.4) is 0 Å². The van der Waals surface area contributed by atoms with E-state index in [0.717, 1.165) is 73.4 Å². The summed E-state index contributed by atoms with van der Waals surface area (Å²) in [6, 6.07) is 29.2. The average Bonchev–Trinajstić information content (AvgIpc) is 3.51. The topological polar surface area (TPSA) is 77.5 Å². The Morgan fingerprint density at radius 1 is 0.833 bits per heavy atom. The van der Waals surface area contributed by atoms with Crippen LogP contribution in [-0.4, -0.2) is 75.4 Å². The van der Waals surface area contributed by atoms with Gasteiger partial charge in [0.25, 0.3) is 5.91 Å². The number of benzene rings is 4. The van der Waals surface area contributed by atoms with Gasteiger partial charge in [-0.25, -0.2) is 0 Å². The highest BCUT2D eigenvalue weighted by Crippen LogP contribution is 2.47. The number of phenols is 1. The lowest BCUT2D eigenvalue weighted by Crippen LogP contribution is -2.49. The largest absolute Gasteiger partial charge is 0.508 e. The van der Waals surface area contributed by atoms with Crippen LogP contribution in [0, 0.1) is 5.92 Å². The van der Waals surface area contributed by atoms with Gasteiger partial charge in [-0.1, -0.05) is 30.3 Å². The molecule has 4 aromatic rings. The highest BCUT2D eigenvalue weighted by atomic mass is 16.5. The molecule has 2 atom stereocenters. The number of nitrogens with one attached hydrogen (secondary N) is 1. The highest BCUT2D eigenvalue weighted by Gasteiger charge is 2.34.